The van der Waals surface area contributed by atoms with E-state index < -0.39 is 10.8 Å². The molecule has 0 bridgehead atoms. The number of nitrogens with zero attached hydrogens (tertiary/aromatic N) is 1. The molecule has 0 aliphatic heterocycles. The summed E-state index contributed by atoms with van der Waals surface area (Å²) in [6.45, 7) is 2.04. The van der Waals surface area contributed by atoms with Crippen molar-refractivity contribution < 1.29 is 8.95 Å². The van der Waals surface area contributed by atoms with Crippen molar-refractivity contribution in [2.24, 2.45) is 0 Å². The molecule has 1 unspecified atom stereocenters. The Bertz CT molecular complexity index is 690. The summed E-state index contributed by atoms with van der Waals surface area (Å²) in [6, 6.07) is 6.02. The number of methoxy groups -OCH3 is 1. The molecule has 0 amide bonds. The van der Waals surface area contributed by atoms with Crippen LogP contribution in [0.25, 0.3) is 0 Å². The summed E-state index contributed by atoms with van der Waals surface area (Å²) < 4.78 is 17.9. The fraction of sp³-hybridized carbons (Fsp3) is 0.500. The highest BCUT2D eigenvalue weighted by atomic mass is 32.2. The van der Waals surface area contributed by atoms with E-state index in [0.717, 1.165) is 22.6 Å². The van der Waals surface area contributed by atoms with Gasteiger partial charge in [-0.25, -0.2) is 4.98 Å². The minimum absolute atomic E-state index is 0.515. The van der Waals surface area contributed by atoms with Gasteiger partial charge in [0.05, 0.1) is 29.3 Å². The maximum atomic E-state index is 12.5. The molecule has 1 aromatic carbocycles. The van der Waals surface area contributed by atoms with Gasteiger partial charge in [0.25, 0.3) is 0 Å². The number of hydrogen-bond acceptors (Lipinski definition) is 4. The number of ether oxygens (including phenoxy) is 1. The van der Waals surface area contributed by atoms with E-state index in [-0.39, 0.29) is 0 Å². The van der Waals surface area contributed by atoms with Gasteiger partial charge < -0.3 is 4.74 Å². The zero-order valence-corrected chi connectivity index (χ0v) is 15.3. The molecule has 1 aromatic heterocycles. The monoisotopic (exact) mass is 349 g/mol. The Hall–Kier alpha value is -1.20. The molecule has 1 heterocycles. The summed E-state index contributed by atoms with van der Waals surface area (Å²) in [7, 11) is 0.692. The Labute approximate surface area is 144 Å². The Morgan fingerprint density at radius 2 is 2.09 bits per heavy atom. The van der Waals surface area contributed by atoms with Gasteiger partial charge in [0, 0.05) is 27.7 Å². The van der Waals surface area contributed by atoms with Crippen molar-refractivity contribution in [1.82, 2.24) is 4.98 Å². The molecule has 1 aliphatic rings. The first-order valence-electron chi connectivity index (χ1n) is 8.08. The van der Waals surface area contributed by atoms with Gasteiger partial charge in [-0.2, -0.15) is 0 Å². The molecule has 124 valence electrons. The molecule has 3 rings (SSSR count). The van der Waals surface area contributed by atoms with E-state index in [0.29, 0.717) is 17.4 Å². The maximum absolute atomic E-state index is 12.5. The second-order valence-electron chi connectivity index (χ2n) is 6.20. The first-order valence-corrected chi connectivity index (χ1v) is 10.5. The Kier molecular flexibility index (Phi) is 5.49. The fourth-order valence-electron chi connectivity index (χ4n) is 3.16. The molecule has 0 saturated heterocycles. The molecule has 23 heavy (non-hydrogen) atoms. The summed E-state index contributed by atoms with van der Waals surface area (Å²) in [6.07, 6.45) is 5.16. The first-order chi connectivity index (χ1) is 11.2. The van der Waals surface area contributed by atoms with Crippen molar-refractivity contribution in [3.63, 3.8) is 0 Å². The third-order valence-corrected chi connectivity index (χ3v) is 6.64. The van der Waals surface area contributed by atoms with Crippen LogP contribution in [0, 0.1) is 6.92 Å². The molecule has 0 radical (unpaired) electrons. The maximum Gasteiger partial charge on any atom is 0.123 e. The number of rotatable bonds is 6. The lowest BCUT2D eigenvalue weighted by Gasteiger charge is -2.09. The molecule has 5 heteroatoms. The standard InChI is InChI=1S/C18H23NO2S2/c1-13-7-8-17(21-2)15(9-13)11-23(20)12-16-10-22-18(19-16)14-5-3-4-6-14/h7-10,14H,3-6,11-12H2,1-2H3. The normalized spacial score (nSPS) is 16.6. The Morgan fingerprint density at radius 3 is 2.83 bits per heavy atom. The fourth-order valence-corrected chi connectivity index (χ4v) is 5.41. The lowest BCUT2D eigenvalue weighted by Crippen LogP contribution is -2.02. The third kappa shape index (κ3) is 4.21. The SMILES string of the molecule is COc1ccc(C)cc1CS(=O)Cc1csc(C2CCCC2)n1. The number of thiazole rings is 1. The van der Waals surface area contributed by atoms with E-state index in [2.05, 4.69) is 11.4 Å². The highest BCUT2D eigenvalue weighted by Gasteiger charge is 2.20. The molecule has 1 atom stereocenters. The van der Waals surface area contributed by atoms with Crippen molar-refractivity contribution in [3.8, 4) is 5.75 Å². The quantitative estimate of drug-likeness (QED) is 0.767. The lowest BCUT2D eigenvalue weighted by molar-refractivity contribution is 0.411. The van der Waals surface area contributed by atoms with Gasteiger partial charge in [-0.05, 0) is 25.8 Å². The summed E-state index contributed by atoms with van der Waals surface area (Å²) >= 11 is 1.73. The van der Waals surface area contributed by atoms with Crippen LogP contribution in [0.3, 0.4) is 0 Å². The Morgan fingerprint density at radius 1 is 1.30 bits per heavy atom. The molecule has 0 spiro atoms. The minimum atomic E-state index is -0.966. The van der Waals surface area contributed by atoms with Crippen LogP contribution < -0.4 is 4.74 Å². The number of hydrogen-bond donors (Lipinski definition) is 0. The topological polar surface area (TPSA) is 39.2 Å². The van der Waals surface area contributed by atoms with Gasteiger partial charge in [0.1, 0.15) is 5.75 Å². The van der Waals surface area contributed by atoms with Crippen LogP contribution >= 0.6 is 11.3 Å². The van der Waals surface area contributed by atoms with Crippen LogP contribution in [0.2, 0.25) is 0 Å². The van der Waals surface area contributed by atoms with Gasteiger partial charge in [-0.1, -0.05) is 30.5 Å². The lowest BCUT2D eigenvalue weighted by atomic mass is 10.1. The summed E-state index contributed by atoms with van der Waals surface area (Å²) in [5.74, 6) is 2.49. The molecule has 2 aromatic rings. The van der Waals surface area contributed by atoms with E-state index in [1.54, 1.807) is 18.4 Å². The zero-order chi connectivity index (χ0) is 16.2. The molecule has 1 fully saturated rings. The number of aryl methyl sites for hydroxylation is 1. The van der Waals surface area contributed by atoms with Crippen LogP contribution in [-0.4, -0.2) is 16.3 Å². The second kappa shape index (κ2) is 7.58. The molecule has 3 nitrogen and oxygen atoms in total. The van der Waals surface area contributed by atoms with E-state index in [4.69, 9.17) is 9.72 Å². The van der Waals surface area contributed by atoms with Crippen LogP contribution in [0.5, 0.6) is 5.75 Å². The number of benzene rings is 1. The molecule has 1 aliphatic carbocycles. The summed E-state index contributed by atoms with van der Waals surface area (Å²) in [4.78, 5) is 4.73. The van der Waals surface area contributed by atoms with Gasteiger partial charge in [0.15, 0.2) is 0 Å². The smallest absolute Gasteiger partial charge is 0.123 e. The van der Waals surface area contributed by atoms with Crippen LogP contribution in [0.15, 0.2) is 23.6 Å². The Balaban J connectivity index is 1.64. The predicted octanol–water partition coefficient (Wildman–Crippen LogP) is 4.57. The van der Waals surface area contributed by atoms with E-state index in [9.17, 15) is 4.21 Å². The molecule has 0 N–H and O–H groups in total. The van der Waals surface area contributed by atoms with Gasteiger partial charge in [-0.3, -0.25) is 4.21 Å². The van der Waals surface area contributed by atoms with Gasteiger partial charge >= 0.3 is 0 Å². The molecular weight excluding hydrogens is 326 g/mol. The van der Waals surface area contributed by atoms with Crippen LogP contribution in [0.4, 0.5) is 0 Å². The van der Waals surface area contributed by atoms with Crippen molar-refractivity contribution in [3.05, 3.63) is 45.4 Å². The van der Waals surface area contributed by atoms with Crippen molar-refractivity contribution >= 4 is 22.1 Å². The van der Waals surface area contributed by atoms with E-state index >= 15 is 0 Å². The van der Waals surface area contributed by atoms with Crippen molar-refractivity contribution in [2.75, 3.05) is 7.11 Å². The van der Waals surface area contributed by atoms with E-state index in [1.807, 2.05) is 19.1 Å². The average Bonchev–Trinajstić information content (AvgIpc) is 3.18. The average molecular weight is 350 g/mol. The predicted molar refractivity (Wildman–Crippen MR) is 96.6 cm³/mol. The summed E-state index contributed by atoms with van der Waals surface area (Å²) in [5.41, 5.74) is 3.15. The highest BCUT2D eigenvalue weighted by molar-refractivity contribution is 7.83. The van der Waals surface area contributed by atoms with Crippen LogP contribution in [-0.2, 0) is 22.3 Å². The minimum Gasteiger partial charge on any atom is -0.496 e. The number of aromatic nitrogens is 1. The van der Waals surface area contributed by atoms with E-state index in [1.165, 1.54) is 30.7 Å². The first kappa shape index (κ1) is 16.7. The largest absolute Gasteiger partial charge is 0.496 e. The van der Waals surface area contributed by atoms with Gasteiger partial charge in [-0.15, -0.1) is 11.3 Å². The summed E-state index contributed by atoms with van der Waals surface area (Å²) in [5, 5.41) is 3.32. The zero-order valence-electron chi connectivity index (χ0n) is 13.7. The second-order valence-corrected chi connectivity index (χ2v) is 8.55. The third-order valence-electron chi connectivity index (χ3n) is 4.34. The van der Waals surface area contributed by atoms with Crippen LogP contribution in [0.1, 0.15) is 53.4 Å². The van der Waals surface area contributed by atoms with Crippen molar-refractivity contribution in [1.29, 1.82) is 0 Å². The molecule has 1 saturated carbocycles. The van der Waals surface area contributed by atoms with Crippen molar-refractivity contribution in [2.45, 2.75) is 50.0 Å². The highest BCUT2D eigenvalue weighted by Crippen LogP contribution is 2.35. The van der Waals surface area contributed by atoms with Gasteiger partial charge in [0.2, 0.25) is 0 Å². The molecular formula is C18H23NO2S2.